The Kier molecular flexibility index (Phi) is 5.46. The van der Waals surface area contributed by atoms with E-state index >= 15 is 0 Å². The van der Waals surface area contributed by atoms with Gasteiger partial charge >= 0.3 is 5.97 Å². The molecule has 1 unspecified atom stereocenters. The van der Waals surface area contributed by atoms with E-state index in [2.05, 4.69) is 27.9 Å². The summed E-state index contributed by atoms with van der Waals surface area (Å²) in [5, 5.41) is 19.1. The molecule has 0 radical (unpaired) electrons. The molecule has 1 aliphatic heterocycles. The SMILES string of the molecule is CN(C1CC1)C1CCN(c2ccc(-c3ccnc4cc(-c5ccc(C(=O)O)cc5)oc34)cc2C#N)C1. The molecule has 0 spiro atoms. The van der Waals surface area contributed by atoms with Crippen LogP contribution in [0.2, 0.25) is 0 Å². The van der Waals surface area contributed by atoms with Gasteiger partial charge in [0.2, 0.25) is 0 Å². The number of carboxylic acid groups (broad SMARTS) is 1. The van der Waals surface area contributed by atoms with Crippen molar-refractivity contribution < 1.29 is 14.3 Å². The highest BCUT2D eigenvalue weighted by atomic mass is 16.4. The molecule has 3 heterocycles. The van der Waals surface area contributed by atoms with E-state index in [-0.39, 0.29) is 5.56 Å². The molecule has 0 bridgehead atoms. The van der Waals surface area contributed by atoms with Gasteiger partial charge in [-0.3, -0.25) is 9.88 Å². The molecule has 180 valence electrons. The lowest BCUT2D eigenvalue weighted by atomic mass is 10.0. The molecule has 1 saturated carbocycles. The zero-order chi connectivity index (χ0) is 24.8. The number of hydrogen-bond donors (Lipinski definition) is 1. The Morgan fingerprint density at radius 1 is 1.08 bits per heavy atom. The number of carboxylic acids is 1. The van der Waals surface area contributed by atoms with Crippen molar-refractivity contribution in [1.82, 2.24) is 9.88 Å². The van der Waals surface area contributed by atoms with Gasteiger partial charge in [-0.25, -0.2) is 4.79 Å². The minimum atomic E-state index is -0.966. The summed E-state index contributed by atoms with van der Waals surface area (Å²) in [6.45, 7) is 1.90. The third kappa shape index (κ3) is 4.00. The topological polar surface area (TPSA) is 93.6 Å². The molecule has 1 saturated heterocycles. The molecule has 0 amide bonds. The van der Waals surface area contributed by atoms with Gasteiger partial charge in [0.1, 0.15) is 17.3 Å². The summed E-state index contributed by atoms with van der Waals surface area (Å²) >= 11 is 0. The van der Waals surface area contributed by atoms with Crippen LogP contribution in [-0.2, 0) is 0 Å². The van der Waals surface area contributed by atoms with Crippen LogP contribution in [0.5, 0.6) is 0 Å². The molecule has 7 heteroatoms. The first-order valence-electron chi connectivity index (χ1n) is 12.3. The quantitative estimate of drug-likeness (QED) is 0.396. The van der Waals surface area contributed by atoms with E-state index in [1.807, 2.05) is 30.3 Å². The highest BCUT2D eigenvalue weighted by molar-refractivity contribution is 5.93. The standard InChI is InChI=1S/C29H26N4O3/c1-32(22-7-8-22)23-11-13-33(17-23)26-9-6-20(14-21(26)16-30)24-10-12-31-25-15-27(36-28(24)25)18-2-4-19(5-3-18)29(34)35/h2-6,9-10,12,14-15,22-23H,7-8,11,13,17H2,1H3,(H,34,35). The lowest BCUT2D eigenvalue weighted by molar-refractivity contribution is 0.0697. The van der Waals surface area contributed by atoms with Crippen molar-refractivity contribution in [2.24, 2.45) is 0 Å². The Morgan fingerprint density at radius 2 is 1.86 bits per heavy atom. The maximum Gasteiger partial charge on any atom is 0.335 e. The van der Waals surface area contributed by atoms with E-state index < -0.39 is 5.97 Å². The Bertz CT molecular complexity index is 1500. The second kappa shape index (κ2) is 8.81. The third-order valence-corrected chi connectivity index (χ3v) is 7.46. The Labute approximate surface area is 209 Å². The van der Waals surface area contributed by atoms with Gasteiger partial charge in [-0.2, -0.15) is 5.26 Å². The molecular formula is C29H26N4O3. The maximum absolute atomic E-state index is 11.2. The molecule has 6 rings (SSSR count). The number of anilines is 1. The van der Waals surface area contributed by atoms with E-state index in [4.69, 9.17) is 9.52 Å². The van der Waals surface area contributed by atoms with E-state index in [0.717, 1.165) is 47.9 Å². The van der Waals surface area contributed by atoms with Crippen LogP contribution in [-0.4, -0.2) is 53.2 Å². The number of furan rings is 1. The zero-order valence-electron chi connectivity index (χ0n) is 20.0. The van der Waals surface area contributed by atoms with Crippen molar-refractivity contribution in [2.45, 2.75) is 31.3 Å². The highest BCUT2D eigenvalue weighted by Crippen LogP contribution is 2.37. The van der Waals surface area contributed by atoms with Crippen molar-refractivity contribution in [3.05, 3.63) is 71.9 Å². The van der Waals surface area contributed by atoms with Crippen molar-refractivity contribution in [3.8, 4) is 28.5 Å². The molecule has 2 aromatic heterocycles. The second-order valence-corrected chi connectivity index (χ2v) is 9.69. The molecule has 2 aromatic carbocycles. The number of aromatic carboxylic acids is 1. The second-order valence-electron chi connectivity index (χ2n) is 9.69. The number of carbonyl (C=O) groups is 1. The van der Waals surface area contributed by atoms with Crippen molar-refractivity contribution in [3.63, 3.8) is 0 Å². The average Bonchev–Trinajstić information content (AvgIpc) is 3.47. The first-order valence-corrected chi connectivity index (χ1v) is 12.3. The first kappa shape index (κ1) is 22.3. The van der Waals surface area contributed by atoms with Crippen LogP contribution in [0.3, 0.4) is 0 Å². The van der Waals surface area contributed by atoms with E-state index in [0.29, 0.717) is 28.5 Å². The van der Waals surface area contributed by atoms with E-state index in [1.54, 1.807) is 30.5 Å². The summed E-state index contributed by atoms with van der Waals surface area (Å²) in [4.78, 5) is 20.5. The van der Waals surface area contributed by atoms with Crippen LogP contribution in [0.25, 0.3) is 33.6 Å². The van der Waals surface area contributed by atoms with E-state index in [1.165, 1.54) is 12.8 Å². The number of benzene rings is 2. The molecule has 36 heavy (non-hydrogen) atoms. The fraction of sp³-hybridized carbons (Fsp3) is 0.276. The summed E-state index contributed by atoms with van der Waals surface area (Å²) in [6.07, 6.45) is 5.46. The van der Waals surface area contributed by atoms with Gasteiger partial charge in [-0.15, -0.1) is 0 Å². The van der Waals surface area contributed by atoms with Gasteiger partial charge < -0.3 is 14.4 Å². The maximum atomic E-state index is 11.2. The molecule has 2 fully saturated rings. The molecule has 1 atom stereocenters. The van der Waals surface area contributed by atoms with Crippen LogP contribution in [0.1, 0.15) is 35.2 Å². The Morgan fingerprint density at radius 3 is 2.58 bits per heavy atom. The summed E-state index contributed by atoms with van der Waals surface area (Å²) in [5.41, 5.74) is 5.75. The van der Waals surface area contributed by atoms with Crippen molar-refractivity contribution in [2.75, 3.05) is 25.0 Å². The molecule has 1 aliphatic carbocycles. The number of pyridine rings is 1. The third-order valence-electron chi connectivity index (χ3n) is 7.46. The van der Waals surface area contributed by atoms with Crippen molar-refractivity contribution in [1.29, 1.82) is 5.26 Å². The van der Waals surface area contributed by atoms with Crippen LogP contribution < -0.4 is 4.90 Å². The first-order chi connectivity index (χ1) is 17.5. The number of rotatable bonds is 6. The minimum Gasteiger partial charge on any atom is -0.478 e. The summed E-state index contributed by atoms with van der Waals surface area (Å²) in [6, 6.07) is 20.0. The smallest absolute Gasteiger partial charge is 0.335 e. The van der Waals surface area contributed by atoms with Gasteiger partial charge in [0.05, 0.1) is 16.8 Å². The van der Waals surface area contributed by atoms with Gasteiger partial charge in [-0.05, 0) is 62.2 Å². The molecular weight excluding hydrogens is 452 g/mol. The summed E-state index contributed by atoms with van der Waals surface area (Å²) in [7, 11) is 2.23. The zero-order valence-corrected chi connectivity index (χ0v) is 20.0. The lowest BCUT2D eigenvalue weighted by Crippen LogP contribution is -2.36. The number of fused-ring (bicyclic) bond motifs is 1. The van der Waals surface area contributed by atoms with E-state index in [9.17, 15) is 10.1 Å². The van der Waals surface area contributed by atoms with Gasteiger partial charge in [0, 0.05) is 48.6 Å². The van der Waals surface area contributed by atoms with Crippen LogP contribution in [0.4, 0.5) is 5.69 Å². The van der Waals surface area contributed by atoms with Crippen LogP contribution in [0.15, 0.2) is 65.2 Å². The number of aromatic nitrogens is 1. The summed E-state index contributed by atoms with van der Waals surface area (Å²) < 4.78 is 6.20. The van der Waals surface area contributed by atoms with Crippen LogP contribution >= 0.6 is 0 Å². The predicted octanol–water partition coefficient (Wildman–Crippen LogP) is 5.40. The normalized spacial score (nSPS) is 17.6. The monoisotopic (exact) mass is 478 g/mol. The van der Waals surface area contributed by atoms with Gasteiger partial charge in [-0.1, -0.05) is 18.2 Å². The Hall–Kier alpha value is -4.15. The van der Waals surface area contributed by atoms with Crippen molar-refractivity contribution >= 4 is 22.8 Å². The fourth-order valence-corrected chi connectivity index (χ4v) is 5.23. The number of nitrogens with zero attached hydrogens (tertiary/aromatic N) is 4. The average molecular weight is 479 g/mol. The number of nitriles is 1. The fourth-order valence-electron chi connectivity index (χ4n) is 5.23. The summed E-state index contributed by atoms with van der Waals surface area (Å²) in [5.74, 6) is -0.354. The highest BCUT2D eigenvalue weighted by Gasteiger charge is 2.35. The number of hydrogen-bond acceptors (Lipinski definition) is 6. The molecule has 7 nitrogen and oxygen atoms in total. The lowest BCUT2D eigenvalue weighted by Gasteiger charge is -2.25. The van der Waals surface area contributed by atoms with Gasteiger partial charge in [0.25, 0.3) is 0 Å². The van der Waals surface area contributed by atoms with Gasteiger partial charge in [0.15, 0.2) is 5.58 Å². The number of likely N-dealkylation sites (N-methyl/N-ethyl adjacent to an activating group) is 1. The minimum absolute atomic E-state index is 0.223. The molecule has 2 aliphatic rings. The Balaban J connectivity index is 1.31. The molecule has 1 N–H and O–H groups in total. The molecule has 4 aromatic rings. The predicted molar refractivity (Wildman–Crippen MR) is 138 cm³/mol. The largest absolute Gasteiger partial charge is 0.478 e. The van der Waals surface area contributed by atoms with Crippen LogP contribution in [0, 0.1) is 11.3 Å².